The van der Waals surface area contributed by atoms with Gasteiger partial charge in [-0.1, -0.05) is 6.07 Å². The van der Waals surface area contributed by atoms with Crippen molar-refractivity contribution in [1.82, 2.24) is 9.88 Å². The second-order valence-electron chi connectivity index (χ2n) is 5.96. The van der Waals surface area contributed by atoms with E-state index in [0.29, 0.717) is 29.5 Å². The van der Waals surface area contributed by atoms with Gasteiger partial charge < -0.3 is 14.4 Å². The number of methoxy groups -OCH3 is 2. The number of aryl methyl sites for hydroxylation is 1. The highest BCUT2D eigenvalue weighted by Gasteiger charge is 2.29. The van der Waals surface area contributed by atoms with E-state index in [0.717, 1.165) is 30.1 Å². The Balaban J connectivity index is 1.82. The number of amides is 1. The molecule has 1 unspecified atom stereocenters. The Labute approximate surface area is 146 Å². The fraction of sp³-hybridized carbons (Fsp3) is 0.444. The van der Waals surface area contributed by atoms with Crippen LogP contribution in [-0.2, 0) is 0 Å². The van der Waals surface area contributed by atoms with Gasteiger partial charge in [-0.15, -0.1) is 11.3 Å². The van der Waals surface area contributed by atoms with Crippen molar-refractivity contribution < 1.29 is 14.3 Å². The molecular weight excluding hydrogens is 324 g/mol. The number of likely N-dealkylation sites (tertiary alicyclic amines) is 1. The molecule has 128 valence electrons. The van der Waals surface area contributed by atoms with Crippen molar-refractivity contribution in [3.8, 4) is 11.5 Å². The fourth-order valence-corrected chi connectivity index (χ4v) is 4.07. The summed E-state index contributed by atoms with van der Waals surface area (Å²) in [6.45, 7) is 3.47. The highest BCUT2D eigenvalue weighted by Crippen LogP contribution is 2.34. The van der Waals surface area contributed by atoms with Crippen LogP contribution in [0.1, 0.15) is 39.8 Å². The fourth-order valence-electron chi connectivity index (χ4n) is 3.15. The normalized spacial score (nSPS) is 17.6. The third-order valence-corrected chi connectivity index (χ3v) is 5.45. The third-order valence-electron chi connectivity index (χ3n) is 4.33. The summed E-state index contributed by atoms with van der Waals surface area (Å²) in [5.41, 5.74) is 1.60. The Morgan fingerprint density at radius 1 is 1.33 bits per heavy atom. The smallest absolute Gasteiger partial charge is 0.257 e. The molecule has 0 bridgehead atoms. The van der Waals surface area contributed by atoms with Crippen LogP contribution in [0.3, 0.4) is 0 Å². The zero-order valence-corrected chi connectivity index (χ0v) is 15.1. The lowest BCUT2D eigenvalue weighted by atomic mass is 9.98. The molecule has 6 heteroatoms. The SMILES string of the molecule is COc1cccc(C(=O)N2CCCC(c3nc(C)cs3)C2)c1OC. The van der Waals surface area contributed by atoms with Crippen LogP contribution in [0.4, 0.5) is 0 Å². The van der Waals surface area contributed by atoms with E-state index in [1.165, 1.54) is 0 Å². The van der Waals surface area contributed by atoms with E-state index in [1.54, 1.807) is 37.7 Å². The van der Waals surface area contributed by atoms with Crippen LogP contribution in [0.25, 0.3) is 0 Å². The molecule has 0 N–H and O–H groups in total. The van der Waals surface area contributed by atoms with Crippen LogP contribution in [-0.4, -0.2) is 43.1 Å². The summed E-state index contributed by atoms with van der Waals surface area (Å²) in [5.74, 6) is 1.38. The lowest BCUT2D eigenvalue weighted by Crippen LogP contribution is -2.39. The molecule has 3 rings (SSSR count). The van der Waals surface area contributed by atoms with Crippen LogP contribution in [0, 0.1) is 6.92 Å². The van der Waals surface area contributed by atoms with Crippen LogP contribution < -0.4 is 9.47 Å². The summed E-state index contributed by atoms with van der Waals surface area (Å²) in [4.78, 5) is 19.5. The zero-order valence-electron chi connectivity index (χ0n) is 14.2. The van der Waals surface area contributed by atoms with Crippen molar-refractivity contribution in [2.75, 3.05) is 27.3 Å². The molecule has 1 atom stereocenters. The van der Waals surface area contributed by atoms with Gasteiger partial charge in [0.2, 0.25) is 0 Å². The van der Waals surface area contributed by atoms with Gasteiger partial charge in [0.05, 0.1) is 24.8 Å². The van der Waals surface area contributed by atoms with Gasteiger partial charge in [0, 0.05) is 30.1 Å². The number of carbonyl (C=O) groups excluding carboxylic acids is 1. The largest absolute Gasteiger partial charge is 0.493 e. The van der Waals surface area contributed by atoms with Gasteiger partial charge in [-0.2, -0.15) is 0 Å². The number of piperidine rings is 1. The van der Waals surface area contributed by atoms with Crippen molar-refractivity contribution in [3.05, 3.63) is 39.8 Å². The average Bonchev–Trinajstić information content (AvgIpc) is 3.06. The minimum Gasteiger partial charge on any atom is -0.493 e. The Morgan fingerprint density at radius 2 is 2.17 bits per heavy atom. The number of aromatic nitrogens is 1. The van der Waals surface area contributed by atoms with Gasteiger partial charge in [0.1, 0.15) is 0 Å². The predicted octanol–water partition coefficient (Wildman–Crippen LogP) is 3.49. The molecule has 2 heterocycles. The van der Waals surface area contributed by atoms with Crippen molar-refractivity contribution in [1.29, 1.82) is 0 Å². The molecule has 1 saturated heterocycles. The van der Waals surface area contributed by atoms with E-state index in [2.05, 4.69) is 10.4 Å². The van der Waals surface area contributed by atoms with Crippen molar-refractivity contribution in [3.63, 3.8) is 0 Å². The molecule has 1 aliphatic heterocycles. The standard InChI is InChI=1S/C18H22N2O3S/c1-12-11-24-17(19-12)13-6-5-9-20(10-13)18(21)14-7-4-8-15(22-2)16(14)23-3/h4,7-8,11,13H,5-6,9-10H2,1-3H3. The Bertz CT molecular complexity index is 729. The second-order valence-corrected chi connectivity index (χ2v) is 6.85. The Hall–Kier alpha value is -2.08. The van der Waals surface area contributed by atoms with E-state index in [9.17, 15) is 4.79 Å². The maximum Gasteiger partial charge on any atom is 0.257 e. The number of rotatable bonds is 4. The van der Waals surface area contributed by atoms with Crippen LogP contribution in [0.15, 0.2) is 23.6 Å². The van der Waals surface area contributed by atoms with Crippen molar-refractivity contribution >= 4 is 17.2 Å². The zero-order chi connectivity index (χ0) is 17.1. The highest BCUT2D eigenvalue weighted by atomic mass is 32.1. The maximum atomic E-state index is 13.0. The average molecular weight is 346 g/mol. The van der Waals surface area contributed by atoms with Gasteiger partial charge in [-0.05, 0) is 31.9 Å². The molecule has 1 fully saturated rings. The van der Waals surface area contributed by atoms with E-state index >= 15 is 0 Å². The number of thiazole rings is 1. The molecule has 5 nitrogen and oxygen atoms in total. The number of ether oxygens (including phenoxy) is 2. The van der Waals surface area contributed by atoms with Crippen molar-refractivity contribution in [2.45, 2.75) is 25.7 Å². The molecule has 1 amide bonds. The highest BCUT2D eigenvalue weighted by molar-refractivity contribution is 7.09. The number of nitrogens with zero attached hydrogens (tertiary/aromatic N) is 2. The number of hydrogen-bond acceptors (Lipinski definition) is 5. The van der Waals surface area contributed by atoms with E-state index < -0.39 is 0 Å². The van der Waals surface area contributed by atoms with E-state index in [4.69, 9.17) is 9.47 Å². The first-order valence-corrected chi connectivity index (χ1v) is 8.94. The summed E-state index contributed by atoms with van der Waals surface area (Å²) >= 11 is 1.69. The summed E-state index contributed by atoms with van der Waals surface area (Å²) in [6.07, 6.45) is 2.06. The van der Waals surface area contributed by atoms with Gasteiger partial charge in [0.15, 0.2) is 11.5 Å². The van der Waals surface area contributed by atoms with Gasteiger partial charge in [0.25, 0.3) is 5.91 Å². The third kappa shape index (κ3) is 3.24. The van der Waals surface area contributed by atoms with Crippen LogP contribution in [0.5, 0.6) is 11.5 Å². The number of benzene rings is 1. The number of para-hydroxylation sites is 1. The van der Waals surface area contributed by atoms with Crippen LogP contribution in [0.2, 0.25) is 0 Å². The molecule has 0 saturated carbocycles. The predicted molar refractivity (Wildman–Crippen MR) is 94.3 cm³/mol. The summed E-state index contributed by atoms with van der Waals surface area (Å²) < 4.78 is 10.7. The quantitative estimate of drug-likeness (QED) is 0.850. The Morgan fingerprint density at radius 3 is 2.83 bits per heavy atom. The molecular formula is C18H22N2O3S. The minimum atomic E-state index is -0.0104. The molecule has 0 spiro atoms. The molecule has 0 aliphatic carbocycles. The van der Waals surface area contributed by atoms with Crippen LogP contribution >= 0.6 is 11.3 Å². The second kappa shape index (κ2) is 7.21. The molecule has 1 aliphatic rings. The first-order valence-electron chi connectivity index (χ1n) is 8.06. The lowest BCUT2D eigenvalue weighted by Gasteiger charge is -2.32. The van der Waals surface area contributed by atoms with E-state index in [-0.39, 0.29) is 5.91 Å². The first-order chi connectivity index (χ1) is 11.6. The Kier molecular flexibility index (Phi) is 5.04. The van der Waals surface area contributed by atoms with Gasteiger partial charge >= 0.3 is 0 Å². The van der Waals surface area contributed by atoms with Crippen molar-refractivity contribution in [2.24, 2.45) is 0 Å². The van der Waals surface area contributed by atoms with Gasteiger partial charge in [-0.3, -0.25) is 4.79 Å². The topological polar surface area (TPSA) is 51.7 Å². The molecule has 0 radical (unpaired) electrons. The number of carbonyl (C=O) groups is 1. The monoisotopic (exact) mass is 346 g/mol. The molecule has 2 aromatic rings. The summed E-state index contributed by atoms with van der Waals surface area (Å²) in [7, 11) is 3.14. The summed E-state index contributed by atoms with van der Waals surface area (Å²) in [6, 6.07) is 5.41. The maximum absolute atomic E-state index is 13.0. The first kappa shape index (κ1) is 16.8. The molecule has 24 heavy (non-hydrogen) atoms. The molecule has 1 aromatic carbocycles. The lowest BCUT2D eigenvalue weighted by molar-refractivity contribution is 0.0703. The summed E-state index contributed by atoms with van der Waals surface area (Å²) in [5, 5.41) is 3.20. The van der Waals surface area contributed by atoms with E-state index in [1.807, 2.05) is 17.9 Å². The van der Waals surface area contributed by atoms with Gasteiger partial charge in [-0.25, -0.2) is 4.98 Å². The minimum absolute atomic E-state index is 0.0104. The number of hydrogen-bond donors (Lipinski definition) is 0. The molecule has 1 aromatic heterocycles.